The Hall–Kier alpha value is -2.64. The third-order valence-corrected chi connectivity index (χ3v) is 5.59. The van der Waals surface area contributed by atoms with Gasteiger partial charge in [-0.15, -0.1) is 5.10 Å². The van der Waals surface area contributed by atoms with Crippen molar-refractivity contribution in [3.63, 3.8) is 0 Å². The minimum atomic E-state index is -4.26. The lowest BCUT2D eigenvalue weighted by Crippen LogP contribution is -2.39. The maximum Gasteiger partial charge on any atom is 0.414 e. The van der Waals surface area contributed by atoms with E-state index in [1.54, 1.807) is 0 Å². The van der Waals surface area contributed by atoms with E-state index in [2.05, 4.69) is 15.5 Å². The highest BCUT2D eigenvalue weighted by atomic mass is 35.5. The van der Waals surface area contributed by atoms with Gasteiger partial charge in [0.1, 0.15) is 11.6 Å². The Morgan fingerprint density at radius 1 is 1.24 bits per heavy atom. The Balaban J connectivity index is 1.17. The Bertz CT molecular complexity index is 1010. The molecule has 1 unspecified atom stereocenters. The summed E-state index contributed by atoms with van der Waals surface area (Å²) in [6.07, 6.45) is -6.08. The third-order valence-electron chi connectivity index (χ3n) is 5.28. The number of rotatable bonds is 9. The van der Waals surface area contributed by atoms with Crippen LogP contribution in [0.15, 0.2) is 22.6 Å². The lowest BCUT2D eigenvalue weighted by molar-refractivity contribution is -0.223. The van der Waals surface area contributed by atoms with E-state index in [0.29, 0.717) is 6.42 Å². The highest BCUT2D eigenvalue weighted by Crippen LogP contribution is 2.50. The van der Waals surface area contributed by atoms with Crippen LogP contribution in [0.3, 0.4) is 0 Å². The molecular formula is C20H20ClF4N3O6. The molecule has 34 heavy (non-hydrogen) atoms. The summed E-state index contributed by atoms with van der Waals surface area (Å²) >= 11 is 5.61. The van der Waals surface area contributed by atoms with Crippen molar-refractivity contribution in [1.29, 1.82) is 0 Å². The molecule has 1 N–H and O–H groups in total. The number of alkyl halides is 3. The smallest absolute Gasteiger partial charge is 0.414 e. The fourth-order valence-corrected chi connectivity index (χ4v) is 3.46. The first-order valence-electron chi connectivity index (χ1n) is 10.3. The van der Waals surface area contributed by atoms with Crippen molar-refractivity contribution in [1.82, 2.24) is 15.5 Å². The molecule has 1 saturated carbocycles. The molecule has 14 heteroatoms. The van der Waals surface area contributed by atoms with Crippen molar-refractivity contribution < 1.29 is 45.7 Å². The van der Waals surface area contributed by atoms with Crippen LogP contribution in [-0.4, -0.2) is 54.8 Å². The zero-order valence-corrected chi connectivity index (χ0v) is 18.3. The number of ether oxygens (including phenoxy) is 4. The van der Waals surface area contributed by atoms with E-state index in [9.17, 15) is 22.4 Å². The van der Waals surface area contributed by atoms with Crippen molar-refractivity contribution >= 4 is 17.5 Å². The number of hydrogen-bond donors (Lipinski definition) is 1. The Kier molecular flexibility index (Phi) is 7.14. The molecule has 2 fully saturated rings. The van der Waals surface area contributed by atoms with Crippen LogP contribution in [0.25, 0.3) is 0 Å². The number of hydrogen-bond acceptors (Lipinski definition) is 8. The van der Waals surface area contributed by atoms with Crippen molar-refractivity contribution in [2.45, 2.75) is 37.8 Å². The van der Waals surface area contributed by atoms with E-state index in [1.807, 2.05) is 0 Å². The summed E-state index contributed by atoms with van der Waals surface area (Å²) in [5.41, 5.74) is -0.407. The molecule has 186 valence electrons. The van der Waals surface area contributed by atoms with Crippen molar-refractivity contribution in [2.75, 3.05) is 26.4 Å². The van der Waals surface area contributed by atoms with Crippen molar-refractivity contribution in [3.8, 4) is 11.8 Å². The number of carbonyl (C=O) groups excluding carboxylic acids is 1. The van der Waals surface area contributed by atoms with Crippen LogP contribution in [0, 0.1) is 11.2 Å². The number of nitrogens with one attached hydrogen (secondary N) is 1. The molecule has 1 aromatic carbocycles. The molecule has 0 radical (unpaired) electrons. The second-order valence-corrected chi connectivity index (χ2v) is 8.39. The summed E-state index contributed by atoms with van der Waals surface area (Å²) in [7, 11) is 0. The lowest BCUT2D eigenvalue weighted by atomic mass is 10.1. The highest BCUT2D eigenvalue weighted by molar-refractivity contribution is 6.30. The number of halogens is 5. The normalized spacial score (nSPS) is 24.1. The Morgan fingerprint density at radius 3 is 2.71 bits per heavy atom. The number of nitrogens with zero attached hydrogens (tertiary/aromatic N) is 2. The zero-order valence-electron chi connectivity index (χ0n) is 17.6. The van der Waals surface area contributed by atoms with Crippen LogP contribution in [-0.2, 0) is 14.3 Å². The third kappa shape index (κ3) is 6.27. The molecule has 1 amide bonds. The monoisotopic (exact) mass is 509 g/mol. The number of carbonyl (C=O) groups is 1. The molecule has 2 heterocycles. The molecular weight excluding hydrogens is 490 g/mol. The van der Waals surface area contributed by atoms with Gasteiger partial charge in [0.15, 0.2) is 6.61 Å². The fraction of sp³-hybridized carbons (Fsp3) is 0.550. The quantitative estimate of drug-likeness (QED) is 0.404. The van der Waals surface area contributed by atoms with E-state index in [4.69, 9.17) is 35.0 Å². The molecule has 0 bridgehead atoms. The first-order chi connectivity index (χ1) is 16.1. The van der Waals surface area contributed by atoms with Crippen molar-refractivity contribution in [2.24, 2.45) is 5.41 Å². The van der Waals surface area contributed by atoms with Gasteiger partial charge in [-0.2, -0.15) is 13.2 Å². The van der Waals surface area contributed by atoms with Gasteiger partial charge in [-0.25, -0.2) is 4.39 Å². The van der Waals surface area contributed by atoms with Crippen LogP contribution >= 0.6 is 11.6 Å². The summed E-state index contributed by atoms with van der Waals surface area (Å²) in [5.74, 6) is -0.875. The van der Waals surface area contributed by atoms with Crippen molar-refractivity contribution in [3.05, 3.63) is 34.9 Å². The first-order valence-corrected chi connectivity index (χ1v) is 10.6. The van der Waals surface area contributed by atoms with E-state index >= 15 is 0 Å². The van der Waals surface area contributed by atoms with Gasteiger partial charge in [0.25, 0.3) is 11.8 Å². The summed E-state index contributed by atoms with van der Waals surface area (Å²) in [6, 6.07) is 3.69. The second kappa shape index (κ2) is 9.92. The topological polar surface area (TPSA) is 105 Å². The summed E-state index contributed by atoms with van der Waals surface area (Å²) < 4.78 is 76.6. The average Bonchev–Trinajstić information content (AvgIpc) is 3.20. The summed E-state index contributed by atoms with van der Waals surface area (Å²) in [6.45, 7) is -0.0353. The van der Waals surface area contributed by atoms with Gasteiger partial charge in [-0.1, -0.05) is 16.7 Å². The van der Waals surface area contributed by atoms with Crippen LogP contribution in [0.5, 0.6) is 11.8 Å². The lowest BCUT2D eigenvalue weighted by Gasteiger charge is -2.28. The Morgan fingerprint density at radius 2 is 2.00 bits per heavy atom. The molecule has 1 saturated heterocycles. The van der Waals surface area contributed by atoms with Gasteiger partial charge in [-0.3, -0.25) is 4.79 Å². The van der Waals surface area contributed by atoms with E-state index in [1.165, 1.54) is 12.1 Å². The molecule has 2 aromatic rings. The molecule has 1 aliphatic heterocycles. The van der Waals surface area contributed by atoms with E-state index in [0.717, 1.165) is 6.07 Å². The molecule has 2 aliphatic rings. The van der Waals surface area contributed by atoms with Gasteiger partial charge in [0, 0.05) is 23.9 Å². The summed E-state index contributed by atoms with van der Waals surface area (Å²) in [5, 5.41) is 10.1. The van der Waals surface area contributed by atoms with Gasteiger partial charge >= 0.3 is 12.3 Å². The zero-order chi connectivity index (χ0) is 24.3. The number of benzene rings is 1. The molecule has 1 spiro atoms. The predicted octanol–water partition coefficient (Wildman–Crippen LogP) is 3.58. The fourth-order valence-electron chi connectivity index (χ4n) is 3.34. The molecule has 9 nitrogen and oxygen atoms in total. The van der Waals surface area contributed by atoms with Gasteiger partial charge < -0.3 is 28.7 Å². The van der Waals surface area contributed by atoms with Gasteiger partial charge in [0.2, 0.25) is 6.29 Å². The molecule has 1 aliphatic carbocycles. The largest absolute Gasteiger partial charge is 0.484 e. The second-order valence-electron chi connectivity index (χ2n) is 7.98. The predicted molar refractivity (Wildman–Crippen MR) is 106 cm³/mol. The number of aromatic nitrogens is 2. The maximum atomic E-state index is 13.4. The van der Waals surface area contributed by atoms with E-state index in [-0.39, 0.29) is 67.5 Å². The molecule has 4 rings (SSSR count). The SMILES string of the molecule is O=C(COc1ccc(Cl)c(F)c1)NC1CC12COC(c1nnc(OCCCC(F)(F)F)o1)OC2. The standard InChI is InChI=1S/C20H20ClF4N3O6/c21-12-3-2-11(6-13(12)22)31-8-15(29)26-14-7-19(14)9-32-17(33-10-19)16-27-28-18(34-16)30-5-1-4-20(23,24)25/h2-3,6,14,17H,1,4-5,7-10H2,(H,26,29). The minimum absolute atomic E-state index is 0.0227. The van der Waals surface area contributed by atoms with Gasteiger partial charge in [-0.05, 0) is 25.0 Å². The van der Waals surface area contributed by atoms with E-state index < -0.39 is 30.1 Å². The molecule has 1 aromatic heterocycles. The van der Waals surface area contributed by atoms with Crippen LogP contribution < -0.4 is 14.8 Å². The average molecular weight is 510 g/mol. The van der Waals surface area contributed by atoms with Gasteiger partial charge in [0.05, 0.1) is 24.8 Å². The maximum absolute atomic E-state index is 13.4. The highest BCUT2D eigenvalue weighted by Gasteiger charge is 2.58. The summed E-state index contributed by atoms with van der Waals surface area (Å²) in [4.78, 5) is 12.1. The minimum Gasteiger partial charge on any atom is -0.484 e. The van der Waals surface area contributed by atoms with Crippen LogP contribution in [0.2, 0.25) is 5.02 Å². The number of amides is 1. The van der Waals surface area contributed by atoms with Crippen LogP contribution in [0.4, 0.5) is 17.6 Å². The first kappa shape index (κ1) is 24.5. The molecule has 1 atom stereocenters. The van der Waals surface area contributed by atoms with Crippen LogP contribution in [0.1, 0.15) is 31.4 Å². The Labute approximate surface area is 195 Å².